The topological polar surface area (TPSA) is 111 Å². The van der Waals surface area contributed by atoms with Gasteiger partial charge in [-0.25, -0.2) is 4.83 Å². The summed E-state index contributed by atoms with van der Waals surface area (Å²) < 4.78 is 60.5. The molecule has 168 valence electrons. The van der Waals surface area contributed by atoms with E-state index in [1.54, 1.807) is 38.1 Å². The van der Waals surface area contributed by atoms with Gasteiger partial charge < -0.3 is 8.92 Å². The van der Waals surface area contributed by atoms with Gasteiger partial charge in [0.1, 0.15) is 4.90 Å². The lowest BCUT2D eigenvalue weighted by Crippen LogP contribution is -2.18. The van der Waals surface area contributed by atoms with Crippen LogP contribution in [0.2, 0.25) is 0 Å². The van der Waals surface area contributed by atoms with E-state index in [-0.39, 0.29) is 21.3 Å². The van der Waals surface area contributed by atoms with E-state index in [0.717, 1.165) is 5.56 Å². The molecule has 3 rings (SSSR count). The second-order valence-corrected chi connectivity index (χ2v) is 10.1. The molecule has 0 fully saturated rings. The van der Waals surface area contributed by atoms with Gasteiger partial charge in [0.25, 0.3) is 10.0 Å². The molecule has 1 N–H and O–H groups in total. The molecule has 0 aliphatic rings. The number of rotatable bonds is 8. The number of benzene rings is 3. The summed E-state index contributed by atoms with van der Waals surface area (Å²) in [6.45, 7) is 3.47. The third-order valence-electron chi connectivity index (χ3n) is 4.44. The highest BCUT2D eigenvalue weighted by molar-refractivity contribution is 7.89. The minimum atomic E-state index is -4.08. The molecule has 0 aromatic heterocycles. The maximum atomic E-state index is 12.8. The highest BCUT2D eigenvalue weighted by Gasteiger charge is 2.21. The fourth-order valence-corrected chi connectivity index (χ4v) is 4.86. The Morgan fingerprint density at radius 3 is 2.28 bits per heavy atom. The summed E-state index contributed by atoms with van der Waals surface area (Å²) in [5, 5.41) is 3.76. The van der Waals surface area contributed by atoms with E-state index in [1.165, 1.54) is 49.7 Å². The molecule has 0 atom stereocenters. The first-order valence-electron chi connectivity index (χ1n) is 9.42. The van der Waals surface area contributed by atoms with E-state index in [1.807, 2.05) is 6.07 Å². The van der Waals surface area contributed by atoms with Crippen LogP contribution in [0, 0.1) is 13.8 Å². The van der Waals surface area contributed by atoms with Gasteiger partial charge in [-0.3, -0.25) is 0 Å². The Bertz CT molecular complexity index is 1350. The van der Waals surface area contributed by atoms with Gasteiger partial charge in [0.05, 0.1) is 18.2 Å². The van der Waals surface area contributed by atoms with Crippen molar-refractivity contribution in [1.82, 2.24) is 4.83 Å². The summed E-state index contributed by atoms with van der Waals surface area (Å²) in [4.78, 5) is 2.27. The van der Waals surface area contributed by atoms with Crippen molar-refractivity contribution in [2.24, 2.45) is 5.10 Å². The zero-order chi connectivity index (χ0) is 23.4. The van der Waals surface area contributed by atoms with Crippen molar-refractivity contribution in [2.45, 2.75) is 23.6 Å². The third-order valence-corrected chi connectivity index (χ3v) is 7.06. The third kappa shape index (κ3) is 5.45. The fourth-order valence-electron chi connectivity index (χ4n) is 2.80. The number of ether oxygens (including phenoxy) is 1. The van der Waals surface area contributed by atoms with Crippen molar-refractivity contribution in [3.63, 3.8) is 0 Å². The van der Waals surface area contributed by atoms with Gasteiger partial charge in [0.15, 0.2) is 11.5 Å². The normalized spacial score (nSPS) is 12.0. The van der Waals surface area contributed by atoms with Crippen LogP contribution in [0.3, 0.4) is 0 Å². The Morgan fingerprint density at radius 1 is 0.875 bits per heavy atom. The van der Waals surface area contributed by atoms with Gasteiger partial charge in [-0.05, 0) is 66.9 Å². The Morgan fingerprint density at radius 2 is 1.59 bits per heavy atom. The number of methoxy groups -OCH3 is 1. The fraction of sp³-hybridized carbons (Fsp3) is 0.136. The number of aryl methyl sites for hydroxylation is 2. The van der Waals surface area contributed by atoms with Gasteiger partial charge in [-0.1, -0.05) is 30.3 Å². The quantitative estimate of drug-likeness (QED) is 0.304. The molecule has 3 aromatic carbocycles. The van der Waals surface area contributed by atoms with Crippen LogP contribution in [0.1, 0.15) is 16.7 Å². The van der Waals surface area contributed by atoms with E-state index in [2.05, 4.69) is 9.93 Å². The van der Waals surface area contributed by atoms with Crippen LogP contribution in [-0.4, -0.2) is 30.2 Å². The second kappa shape index (κ2) is 9.41. The molecule has 0 bridgehead atoms. The summed E-state index contributed by atoms with van der Waals surface area (Å²) in [7, 11) is -6.52. The standard InChI is InChI=1S/C22H22N2O6S2/c1-16-9-10-17(2)22(13-16)32(27,28)30-20-12-11-18(14-21(20)29-3)15-23-24-31(25,26)19-7-5-4-6-8-19/h4-15,24H,1-3H3/b23-15-. The molecule has 8 nitrogen and oxygen atoms in total. The molecule has 0 unspecified atom stereocenters. The molecule has 0 aliphatic heterocycles. The van der Waals surface area contributed by atoms with Crippen LogP contribution in [0.4, 0.5) is 0 Å². The van der Waals surface area contributed by atoms with Crippen molar-refractivity contribution >= 4 is 26.4 Å². The lowest BCUT2D eigenvalue weighted by Gasteiger charge is -2.13. The minimum absolute atomic E-state index is 0.00424. The first kappa shape index (κ1) is 23.3. The lowest BCUT2D eigenvalue weighted by atomic mass is 10.2. The van der Waals surface area contributed by atoms with Crippen molar-refractivity contribution in [3.05, 3.63) is 83.4 Å². The number of nitrogens with zero attached hydrogens (tertiary/aromatic N) is 1. The Labute approximate surface area is 187 Å². The zero-order valence-electron chi connectivity index (χ0n) is 17.6. The van der Waals surface area contributed by atoms with Crippen molar-refractivity contribution in [2.75, 3.05) is 7.11 Å². The Hall–Kier alpha value is -3.37. The van der Waals surface area contributed by atoms with E-state index >= 15 is 0 Å². The molecule has 0 saturated heterocycles. The molecule has 3 aromatic rings. The summed E-state index contributed by atoms with van der Waals surface area (Å²) in [5.74, 6) is 0.143. The van der Waals surface area contributed by atoms with E-state index in [4.69, 9.17) is 8.92 Å². The van der Waals surface area contributed by atoms with E-state index < -0.39 is 20.1 Å². The molecule has 10 heteroatoms. The number of hydrogen-bond acceptors (Lipinski definition) is 7. The predicted molar refractivity (Wildman–Crippen MR) is 121 cm³/mol. The lowest BCUT2D eigenvalue weighted by molar-refractivity contribution is 0.390. The molecule has 0 amide bonds. The Kier molecular flexibility index (Phi) is 6.85. The van der Waals surface area contributed by atoms with Gasteiger partial charge in [-0.15, -0.1) is 0 Å². The van der Waals surface area contributed by atoms with Crippen molar-refractivity contribution < 1.29 is 25.8 Å². The number of hydrazone groups is 1. The van der Waals surface area contributed by atoms with Crippen LogP contribution in [0.5, 0.6) is 11.5 Å². The molecular weight excluding hydrogens is 452 g/mol. The zero-order valence-corrected chi connectivity index (χ0v) is 19.3. The molecular formula is C22H22N2O6S2. The van der Waals surface area contributed by atoms with Crippen molar-refractivity contribution in [1.29, 1.82) is 0 Å². The highest BCUT2D eigenvalue weighted by Crippen LogP contribution is 2.31. The maximum Gasteiger partial charge on any atom is 0.339 e. The average molecular weight is 475 g/mol. The Balaban J connectivity index is 1.80. The largest absolute Gasteiger partial charge is 0.493 e. The molecule has 0 heterocycles. The SMILES string of the molecule is COc1cc(/C=N\NS(=O)(=O)c2ccccc2)ccc1OS(=O)(=O)c1cc(C)ccc1C. The summed E-state index contributed by atoms with van der Waals surface area (Å²) in [5.41, 5.74) is 1.81. The predicted octanol–water partition coefficient (Wildman–Crippen LogP) is 3.39. The minimum Gasteiger partial charge on any atom is -0.493 e. The number of nitrogens with one attached hydrogen (secondary N) is 1. The molecule has 32 heavy (non-hydrogen) atoms. The summed E-state index contributed by atoms with van der Waals surface area (Å²) in [6.07, 6.45) is 1.27. The van der Waals surface area contributed by atoms with Crippen molar-refractivity contribution in [3.8, 4) is 11.5 Å². The average Bonchev–Trinajstić information content (AvgIpc) is 2.76. The molecule has 0 aliphatic carbocycles. The smallest absolute Gasteiger partial charge is 0.339 e. The van der Waals surface area contributed by atoms with Crippen LogP contribution in [0.15, 0.2) is 81.6 Å². The molecule has 0 radical (unpaired) electrons. The molecule has 0 saturated carbocycles. The van der Waals surface area contributed by atoms with Crippen LogP contribution < -0.4 is 13.8 Å². The van der Waals surface area contributed by atoms with Crippen LogP contribution in [-0.2, 0) is 20.1 Å². The maximum absolute atomic E-state index is 12.8. The van der Waals surface area contributed by atoms with Gasteiger partial charge in [0.2, 0.25) is 0 Å². The monoisotopic (exact) mass is 474 g/mol. The van der Waals surface area contributed by atoms with Gasteiger partial charge >= 0.3 is 10.1 Å². The first-order chi connectivity index (χ1) is 15.1. The van der Waals surface area contributed by atoms with Crippen LogP contribution >= 0.6 is 0 Å². The number of sulfonamides is 1. The summed E-state index contributed by atoms with van der Waals surface area (Å²) in [6, 6.07) is 17.3. The first-order valence-corrected chi connectivity index (χ1v) is 12.3. The highest BCUT2D eigenvalue weighted by atomic mass is 32.2. The van der Waals surface area contributed by atoms with E-state index in [9.17, 15) is 16.8 Å². The van der Waals surface area contributed by atoms with Gasteiger partial charge in [0, 0.05) is 0 Å². The summed E-state index contributed by atoms with van der Waals surface area (Å²) >= 11 is 0. The van der Waals surface area contributed by atoms with E-state index in [0.29, 0.717) is 11.1 Å². The van der Waals surface area contributed by atoms with Gasteiger partial charge in [-0.2, -0.15) is 21.9 Å². The second-order valence-electron chi connectivity index (χ2n) is 6.88. The number of hydrogen-bond donors (Lipinski definition) is 1. The molecule has 0 spiro atoms. The van der Waals surface area contributed by atoms with Crippen LogP contribution in [0.25, 0.3) is 0 Å².